The molecule has 1 nitrogen and oxygen atoms in total. The van der Waals surface area contributed by atoms with Crippen molar-refractivity contribution in [3.63, 3.8) is 0 Å². The third kappa shape index (κ3) is 2.46. The number of fused-ring (bicyclic) bond motifs is 1. The zero-order valence-corrected chi connectivity index (χ0v) is 12.7. The molecule has 100 valence electrons. The number of hydrogen-bond donors (Lipinski definition) is 0. The van der Waals surface area contributed by atoms with Crippen LogP contribution in [0.1, 0.15) is 65.0 Å². The van der Waals surface area contributed by atoms with Gasteiger partial charge in [0.2, 0.25) is 0 Å². The molecule has 0 aromatic carbocycles. The summed E-state index contributed by atoms with van der Waals surface area (Å²) in [5.41, 5.74) is 3.70. The van der Waals surface area contributed by atoms with E-state index in [9.17, 15) is 0 Å². The van der Waals surface area contributed by atoms with Crippen LogP contribution < -0.4 is 0 Å². The summed E-state index contributed by atoms with van der Waals surface area (Å²) < 4.78 is 0. The highest BCUT2D eigenvalue weighted by atomic mass is 14.6. The Morgan fingerprint density at radius 1 is 1.06 bits per heavy atom. The largest absolute Gasteiger partial charge is 0.264 e. The lowest BCUT2D eigenvalue weighted by Crippen LogP contribution is -2.37. The van der Waals surface area contributed by atoms with Crippen LogP contribution in [0, 0.1) is 16.7 Å². The number of rotatable bonds is 0. The molecular formula is C17H27N. The standard InChI is InChI=1S/C17H27N/c1-16(2,3)14-8-7-12-11-18-10-9-13(12)15(14)17(4,5)6/h9-11,14-15H,7-8H2,1-6H3. The van der Waals surface area contributed by atoms with E-state index < -0.39 is 0 Å². The maximum absolute atomic E-state index is 4.30. The molecule has 0 aliphatic heterocycles. The van der Waals surface area contributed by atoms with E-state index in [0.717, 1.165) is 5.92 Å². The Morgan fingerprint density at radius 3 is 2.28 bits per heavy atom. The molecule has 1 heterocycles. The van der Waals surface area contributed by atoms with Crippen molar-refractivity contribution in [3.8, 4) is 0 Å². The van der Waals surface area contributed by atoms with Crippen LogP contribution in [-0.2, 0) is 6.42 Å². The Morgan fingerprint density at radius 2 is 1.72 bits per heavy atom. The summed E-state index contributed by atoms with van der Waals surface area (Å²) in [5.74, 6) is 1.40. The van der Waals surface area contributed by atoms with Gasteiger partial charge in [0, 0.05) is 12.4 Å². The van der Waals surface area contributed by atoms with Crippen molar-refractivity contribution in [1.29, 1.82) is 0 Å². The molecule has 2 atom stereocenters. The summed E-state index contributed by atoms with van der Waals surface area (Å²) in [6.45, 7) is 14.3. The number of aryl methyl sites for hydroxylation is 1. The highest BCUT2D eigenvalue weighted by Crippen LogP contribution is 2.52. The molecule has 1 aromatic heterocycles. The third-order valence-electron chi connectivity index (χ3n) is 4.45. The van der Waals surface area contributed by atoms with Crippen molar-refractivity contribution in [2.24, 2.45) is 16.7 Å². The van der Waals surface area contributed by atoms with Gasteiger partial charge in [-0.15, -0.1) is 0 Å². The summed E-state index contributed by atoms with van der Waals surface area (Å²) in [7, 11) is 0. The fourth-order valence-electron chi connectivity index (χ4n) is 3.65. The Kier molecular flexibility index (Phi) is 3.29. The molecule has 1 heteroatoms. The number of pyridine rings is 1. The lowest BCUT2D eigenvalue weighted by atomic mass is 9.57. The molecule has 2 unspecified atom stereocenters. The second-order valence-corrected chi connectivity index (χ2v) is 7.93. The number of hydrogen-bond acceptors (Lipinski definition) is 1. The first-order valence-corrected chi connectivity index (χ1v) is 7.14. The molecule has 0 fully saturated rings. The van der Waals surface area contributed by atoms with E-state index in [2.05, 4.69) is 58.8 Å². The van der Waals surface area contributed by atoms with Crippen LogP contribution in [0.5, 0.6) is 0 Å². The van der Waals surface area contributed by atoms with Crippen LogP contribution >= 0.6 is 0 Å². The van der Waals surface area contributed by atoms with Gasteiger partial charge in [0.15, 0.2) is 0 Å². The van der Waals surface area contributed by atoms with E-state index in [-0.39, 0.29) is 0 Å². The fourth-order valence-corrected chi connectivity index (χ4v) is 3.65. The monoisotopic (exact) mass is 245 g/mol. The van der Waals surface area contributed by atoms with Gasteiger partial charge in [0.05, 0.1) is 0 Å². The normalized spacial score (nSPS) is 24.8. The van der Waals surface area contributed by atoms with Crippen LogP contribution in [0.3, 0.4) is 0 Å². The van der Waals surface area contributed by atoms with Crippen molar-refractivity contribution >= 4 is 0 Å². The molecule has 0 amide bonds. The van der Waals surface area contributed by atoms with E-state index >= 15 is 0 Å². The molecule has 0 saturated carbocycles. The van der Waals surface area contributed by atoms with Gasteiger partial charge in [-0.3, -0.25) is 4.98 Å². The quantitative estimate of drug-likeness (QED) is 0.638. The van der Waals surface area contributed by atoms with Crippen LogP contribution in [-0.4, -0.2) is 4.98 Å². The topological polar surface area (TPSA) is 12.9 Å². The molecular weight excluding hydrogens is 218 g/mol. The van der Waals surface area contributed by atoms with Gasteiger partial charge in [-0.2, -0.15) is 0 Å². The summed E-state index contributed by atoms with van der Waals surface area (Å²) >= 11 is 0. The van der Waals surface area contributed by atoms with E-state index in [1.54, 1.807) is 5.56 Å². The fraction of sp³-hybridized carbons (Fsp3) is 0.706. The van der Waals surface area contributed by atoms with Gasteiger partial charge >= 0.3 is 0 Å². The lowest BCUT2D eigenvalue weighted by Gasteiger charge is -2.47. The van der Waals surface area contributed by atoms with E-state index in [4.69, 9.17) is 0 Å². The number of nitrogens with zero attached hydrogens (tertiary/aromatic N) is 1. The zero-order valence-electron chi connectivity index (χ0n) is 12.7. The van der Waals surface area contributed by atoms with Gasteiger partial charge in [0.1, 0.15) is 0 Å². The summed E-state index contributed by atoms with van der Waals surface area (Å²) in [6, 6.07) is 2.25. The average Bonchev–Trinajstić information content (AvgIpc) is 2.24. The highest BCUT2D eigenvalue weighted by molar-refractivity contribution is 5.32. The Hall–Kier alpha value is -0.850. The van der Waals surface area contributed by atoms with Crippen LogP contribution in [0.15, 0.2) is 18.5 Å². The Bertz CT molecular complexity index is 420. The molecule has 0 spiro atoms. The second kappa shape index (κ2) is 4.36. The summed E-state index contributed by atoms with van der Waals surface area (Å²) in [5, 5.41) is 0. The van der Waals surface area contributed by atoms with Crippen molar-refractivity contribution in [2.75, 3.05) is 0 Å². The van der Waals surface area contributed by atoms with Crippen molar-refractivity contribution in [2.45, 2.75) is 60.3 Å². The summed E-state index contributed by atoms with van der Waals surface area (Å²) in [4.78, 5) is 4.30. The lowest BCUT2D eigenvalue weighted by molar-refractivity contribution is 0.109. The zero-order chi connectivity index (χ0) is 13.6. The van der Waals surface area contributed by atoms with Crippen LogP contribution in [0.2, 0.25) is 0 Å². The molecule has 0 saturated heterocycles. The minimum Gasteiger partial charge on any atom is -0.264 e. The first-order chi connectivity index (χ1) is 8.21. The maximum Gasteiger partial charge on any atom is 0.0302 e. The molecule has 1 aliphatic carbocycles. The van der Waals surface area contributed by atoms with Crippen LogP contribution in [0.4, 0.5) is 0 Å². The molecule has 1 aromatic rings. The van der Waals surface area contributed by atoms with Gasteiger partial charge < -0.3 is 0 Å². The Labute approximate surface area is 112 Å². The SMILES string of the molecule is CC(C)(C)C1CCc2cnccc2C1C(C)(C)C. The van der Waals surface area contributed by atoms with Gasteiger partial charge in [-0.25, -0.2) is 0 Å². The van der Waals surface area contributed by atoms with E-state index in [1.807, 2.05) is 6.20 Å². The second-order valence-electron chi connectivity index (χ2n) is 7.93. The van der Waals surface area contributed by atoms with Crippen LogP contribution in [0.25, 0.3) is 0 Å². The molecule has 0 N–H and O–H groups in total. The minimum absolute atomic E-state index is 0.314. The third-order valence-corrected chi connectivity index (χ3v) is 4.45. The van der Waals surface area contributed by atoms with Gasteiger partial charge in [-0.05, 0) is 52.7 Å². The van der Waals surface area contributed by atoms with Crippen molar-refractivity contribution in [3.05, 3.63) is 29.6 Å². The van der Waals surface area contributed by atoms with Crippen molar-refractivity contribution in [1.82, 2.24) is 4.98 Å². The minimum atomic E-state index is 0.314. The van der Waals surface area contributed by atoms with Gasteiger partial charge in [-0.1, -0.05) is 41.5 Å². The first-order valence-electron chi connectivity index (χ1n) is 7.14. The molecule has 0 bridgehead atoms. The first kappa shape index (κ1) is 13.6. The Balaban J connectivity index is 2.50. The highest BCUT2D eigenvalue weighted by Gasteiger charge is 2.42. The maximum atomic E-state index is 4.30. The van der Waals surface area contributed by atoms with Crippen molar-refractivity contribution < 1.29 is 0 Å². The predicted molar refractivity (Wildman–Crippen MR) is 77.7 cm³/mol. The van der Waals surface area contributed by atoms with Gasteiger partial charge in [0.25, 0.3) is 0 Å². The molecule has 1 aliphatic rings. The summed E-state index contributed by atoms with van der Waals surface area (Å²) in [6.07, 6.45) is 6.53. The smallest absolute Gasteiger partial charge is 0.0302 e. The predicted octanol–water partition coefficient (Wildman–Crippen LogP) is 4.82. The molecule has 18 heavy (non-hydrogen) atoms. The molecule has 0 radical (unpaired) electrons. The average molecular weight is 245 g/mol. The van der Waals surface area contributed by atoms with E-state index in [0.29, 0.717) is 16.7 Å². The van der Waals surface area contributed by atoms with E-state index in [1.165, 1.54) is 18.4 Å². The molecule has 2 rings (SSSR count). The number of aromatic nitrogens is 1.